The molecule has 110 valence electrons. The number of amides is 1. The topological polar surface area (TPSA) is 61.8 Å². The van der Waals surface area contributed by atoms with Crippen LogP contribution in [-0.2, 0) is 9.53 Å². The minimum atomic E-state index is -0.157. The fraction of sp³-hybridized carbons (Fsp3) is 0.929. The SMILES string of the molecule is CC(CO)NC(=O)CC1(N2CCOCC2)CCCC1. The maximum Gasteiger partial charge on any atom is 0.222 e. The Bertz CT molecular complexity index is 297. The Morgan fingerprint density at radius 2 is 2.00 bits per heavy atom. The lowest BCUT2D eigenvalue weighted by Gasteiger charge is -2.43. The van der Waals surface area contributed by atoms with E-state index in [1.165, 1.54) is 12.8 Å². The first-order chi connectivity index (χ1) is 9.16. The van der Waals surface area contributed by atoms with E-state index in [9.17, 15) is 4.79 Å². The summed E-state index contributed by atoms with van der Waals surface area (Å²) in [4.78, 5) is 14.6. The second-order valence-corrected chi connectivity index (χ2v) is 5.86. The average molecular weight is 270 g/mol. The first-order valence-corrected chi connectivity index (χ1v) is 7.39. The number of aliphatic hydroxyl groups is 1. The smallest absolute Gasteiger partial charge is 0.222 e. The molecule has 0 bridgehead atoms. The van der Waals surface area contributed by atoms with Gasteiger partial charge in [0, 0.05) is 31.1 Å². The van der Waals surface area contributed by atoms with Gasteiger partial charge in [-0.05, 0) is 19.8 Å². The molecule has 1 amide bonds. The van der Waals surface area contributed by atoms with Gasteiger partial charge in [-0.25, -0.2) is 0 Å². The van der Waals surface area contributed by atoms with Crippen LogP contribution in [0.5, 0.6) is 0 Å². The Morgan fingerprint density at radius 1 is 1.37 bits per heavy atom. The molecule has 5 nitrogen and oxygen atoms in total. The molecule has 2 N–H and O–H groups in total. The van der Waals surface area contributed by atoms with Crippen molar-refractivity contribution in [1.82, 2.24) is 10.2 Å². The third kappa shape index (κ3) is 3.68. The van der Waals surface area contributed by atoms with Gasteiger partial charge in [-0.15, -0.1) is 0 Å². The highest BCUT2D eigenvalue weighted by Crippen LogP contribution is 2.38. The van der Waals surface area contributed by atoms with Crippen molar-refractivity contribution in [3.63, 3.8) is 0 Å². The lowest BCUT2D eigenvalue weighted by molar-refractivity contribution is -0.126. The molecule has 5 heteroatoms. The predicted molar refractivity (Wildman–Crippen MR) is 72.9 cm³/mol. The molecule has 1 heterocycles. The van der Waals surface area contributed by atoms with E-state index in [0.717, 1.165) is 39.1 Å². The van der Waals surface area contributed by atoms with Crippen LogP contribution in [0.4, 0.5) is 0 Å². The van der Waals surface area contributed by atoms with Gasteiger partial charge in [0.2, 0.25) is 5.91 Å². The van der Waals surface area contributed by atoms with Gasteiger partial charge in [0.1, 0.15) is 0 Å². The van der Waals surface area contributed by atoms with Crippen LogP contribution in [0.3, 0.4) is 0 Å². The molecule has 0 aromatic rings. The van der Waals surface area contributed by atoms with E-state index >= 15 is 0 Å². The van der Waals surface area contributed by atoms with Gasteiger partial charge in [0.25, 0.3) is 0 Å². The van der Waals surface area contributed by atoms with Crippen molar-refractivity contribution >= 4 is 5.91 Å². The molecule has 0 spiro atoms. The van der Waals surface area contributed by atoms with Crippen LogP contribution in [0.2, 0.25) is 0 Å². The van der Waals surface area contributed by atoms with Crippen molar-refractivity contribution in [2.45, 2.75) is 50.6 Å². The number of ether oxygens (including phenoxy) is 1. The first-order valence-electron chi connectivity index (χ1n) is 7.39. The van der Waals surface area contributed by atoms with E-state index in [0.29, 0.717) is 6.42 Å². The standard InChI is InChI=1S/C14H26N2O3/c1-12(11-17)15-13(18)10-14(4-2-3-5-14)16-6-8-19-9-7-16/h12,17H,2-11H2,1H3,(H,15,18). The quantitative estimate of drug-likeness (QED) is 0.764. The van der Waals surface area contributed by atoms with Gasteiger partial charge in [-0.1, -0.05) is 12.8 Å². The van der Waals surface area contributed by atoms with Gasteiger partial charge in [0.05, 0.1) is 19.8 Å². The molecular weight excluding hydrogens is 244 g/mol. The van der Waals surface area contributed by atoms with Crippen molar-refractivity contribution in [2.75, 3.05) is 32.9 Å². The Morgan fingerprint density at radius 3 is 2.58 bits per heavy atom. The maximum atomic E-state index is 12.1. The molecule has 1 atom stereocenters. The third-order valence-corrected chi connectivity index (χ3v) is 4.39. The van der Waals surface area contributed by atoms with Crippen LogP contribution >= 0.6 is 0 Å². The summed E-state index contributed by atoms with van der Waals surface area (Å²) in [5, 5.41) is 11.9. The van der Waals surface area contributed by atoms with E-state index in [4.69, 9.17) is 9.84 Å². The maximum absolute atomic E-state index is 12.1. The summed E-state index contributed by atoms with van der Waals surface area (Å²) in [5.74, 6) is 0.0648. The van der Waals surface area contributed by atoms with Crippen LogP contribution < -0.4 is 5.32 Å². The highest BCUT2D eigenvalue weighted by Gasteiger charge is 2.41. The van der Waals surface area contributed by atoms with Gasteiger partial charge >= 0.3 is 0 Å². The summed E-state index contributed by atoms with van der Waals surface area (Å²) in [6, 6.07) is -0.157. The normalized spacial score (nSPS) is 25.2. The number of aliphatic hydroxyl groups excluding tert-OH is 1. The number of morpholine rings is 1. The molecule has 0 aromatic carbocycles. The molecule has 1 saturated heterocycles. The summed E-state index contributed by atoms with van der Waals surface area (Å²) in [7, 11) is 0. The summed E-state index contributed by atoms with van der Waals surface area (Å²) in [6.45, 7) is 5.24. The molecule has 0 aromatic heterocycles. The minimum Gasteiger partial charge on any atom is -0.394 e. The molecular formula is C14H26N2O3. The summed E-state index contributed by atoms with van der Waals surface area (Å²) in [5.41, 5.74) is 0.0308. The predicted octanol–water partition coefficient (Wildman–Crippen LogP) is 0.518. The molecule has 2 rings (SSSR count). The Kier molecular flexibility index (Phi) is 5.19. The van der Waals surface area contributed by atoms with Crippen LogP contribution in [0.15, 0.2) is 0 Å². The highest BCUT2D eigenvalue weighted by molar-refractivity contribution is 5.77. The van der Waals surface area contributed by atoms with Crippen molar-refractivity contribution in [1.29, 1.82) is 0 Å². The molecule has 1 saturated carbocycles. The zero-order valence-electron chi connectivity index (χ0n) is 11.9. The Labute approximate surface area is 115 Å². The van der Waals surface area contributed by atoms with Crippen LogP contribution in [0.1, 0.15) is 39.0 Å². The molecule has 0 radical (unpaired) electrons. The van der Waals surface area contributed by atoms with Crippen LogP contribution in [0.25, 0.3) is 0 Å². The van der Waals surface area contributed by atoms with Crippen LogP contribution in [-0.4, -0.2) is 60.4 Å². The number of hydrogen-bond acceptors (Lipinski definition) is 4. The fourth-order valence-electron chi connectivity index (χ4n) is 3.35. The van der Waals surface area contributed by atoms with Crippen molar-refractivity contribution < 1.29 is 14.6 Å². The number of rotatable bonds is 5. The first kappa shape index (κ1) is 14.8. The summed E-state index contributed by atoms with van der Waals surface area (Å²) >= 11 is 0. The number of nitrogens with zero attached hydrogens (tertiary/aromatic N) is 1. The number of nitrogens with one attached hydrogen (secondary N) is 1. The van der Waals surface area contributed by atoms with E-state index in [1.54, 1.807) is 0 Å². The zero-order valence-corrected chi connectivity index (χ0v) is 11.9. The van der Waals surface area contributed by atoms with Crippen molar-refractivity contribution in [3.05, 3.63) is 0 Å². The third-order valence-electron chi connectivity index (χ3n) is 4.39. The molecule has 1 aliphatic heterocycles. The Hall–Kier alpha value is -0.650. The number of hydrogen-bond donors (Lipinski definition) is 2. The Balaban J connectivity index is 1.96. The zero-order chi connectivity index (χ0) is 13.7. The lowest BCUT2D eigenvalue weighted by Crippen LogP contribution is -2.54. The van der Waals surface area contributed by atoms with Gasteiger partial charge in [0.15, 0.2) is 0 Å². The summed E-state index contributed by atoms with van der Waals surface area (Å²) < 4.78 is 5.42. The van der Waals surface area contributed by atoms with Gasteiger partial charge in [-0.3, -0.25) is 9.69 Å². The van der Waals surface area contributed by atoms with Crippen molar-refractivity contribution in [2.24, 2.45) is 0 Å². The number of carbonyl (C=O) groups excluding carboxylic acids is 1. The fourth-order valence-corrected chi connectivity index (χ4v) is 3.35. The second-order valence-electron chi connectivity index (χ2n) is 5.86. The van der Waals surface area contributed by atoms with Gasteiger partial charge in [-0.2, -0.15) is 0 Å². The lowest BCUT2D eigenvalue weighted by atomic mass is 9.90. The monoisotopic (exact) mass is 270 g/mol. The largest absolute Gasteiger partial charge is 0.394 e. The number of carbonyl (C=O) groups is 1. The molecule has 2 fully saturated rings. The average Bonchev–Trinajstić information content (AvgIpc) is 2.89. The summed E-state index contributed by atoms with van der Waals surface area (Å²) in [6.07, 6.45) is 5.18. The van der Waals surface area contributed by atoms with Gasteiger partial charge < -0.3 is 15.2 Å². The van der Waals surface area contributed by atoms with E-state index in [2.05, 4.69) is 10.2 Å². The van der Waals surface area contributed by atoms with Crippen LogP contribution in [0, 0.1) is 0 Å². The van der Waals surface area contributed by atoms with E-state index < -0.39 is 0 Å². The minimum absolute atomic E-state index is 0.00368. The molecule has 2 aliphatic rings. The molecule has 1 unspecified atom stereocenters. The molecule has 19 heavy (non-hydrogen) atoms. The van der Waals surface area contributed by atoms with E-state index in [-0.39, 0.29) is 24.1 Å². The molecule has 1 aliphatic carbocycles. The highest BCUT2D eigenvalue weighted by atomic mass is 16.5. The second kappa shape index (κ2) is 6.68. The van der Waals surface area contributed by atoms with E-state index in [1.807, 2.05) is 6.92 Å². The van der Waals surface area contributed by atoms with Crippen molar-refractivity contribution in [3.8, 4) is 0 Å².